The Balaban J connectivity index is 1.62. The lowest BCUT2D eigenvalue weighted by Crippen LogP contribution is -1.77. The molecule has 0 saturated heterocycles. The van der Waals surface area contributed by atoms with E-state index in [0.717, 1.165) is 25.9 Å². The molecule has 7 heteroatoms. The Morgan fingerprint density at radius 2 is 2.11 bits per heavy atom. The molecule has 92 valence electrons. The highest BCUT2D eigenvalue weighted by Gasteiger charge is 2.05. The molecule has 2 aromatic heterocycles. The molecule has 0 aliphatic carbocycles. The summed E-state index contributed by atoms with van der Waals surface area (Å²) in [6.45, 7) is 1.90. The zero-order valence-electron chi connectivity index (χ0n) is 9.58. The summed E-state index contributed by atoms with van der Waals surface area (Å²) in [6.07, 6.45) is 0. The Bertz CT molecular complexity index is 628. The maximum absolute atomic E-state index is 4.57. The lowest BCUT2D eigenvalue weighted by Gasteiger charge is -1.92. The highest BCUT2D eigenvalue weighted by Crippen LogP contribution is 2.32. The van der Waals surface area contributed by atoms with E-state index in [0.29, 0.717) is 0 Å². The number of benzene rings is 1. The van der Waals surface area contributed by atoms with Gasteiger partial charge in [0, 0.05) is 0 Å². The molecular formula is C11H10N4S3. The van der Waals surface area contributed by atoms with Crippen LogP contribution >= 0.6 is 34.9 Å². The topological polar surface area (TPSA) is 54.5 Å². The van der Waals surface area contributed by atoms with E-state index in [1.54, 1.807) is 34.9 Å². The highest BCUT2D eigenvalue weighted by molar-refractivity contribution is 8.16. The summed E-state index contributed by atoms with van der Waals surface area (Å²) in [5.74, 6) is 0.850. The van der Waals surface area contributed by atoms with E-state index in [-0.39, 0.29) is 0 Å². The fourth-order valence-corrected chi connectivity index (χ4v) is 4.60. The second-order valence-electron chi connectivity index (χ2n) is 3.56. The van der Waals surface area contributed by atoms with E-state index in [2.05, 4.69) is 26.2 Å². The van der Waals surface area contributed by atoms with Gasteiger partial charge in [0.25, 0.3) is 0 Å². The second kappa shape index (κ2) is 5.29. The number of aromatic nitrogens is 4. The third-order valence-electron chi connectivity index (χ3n) is 2.22. The number of thiazole rings is 1. The molecule has 0 fully saturated rings. The first-order valence-electron chi connectivity index (χ1n) is 5.31. The van der Waals surface area contributed by atoms with Crippen molar-refractivity contribution < 1.29 is 0 Å². The minimum Gasteiger partial charge on any atom is -0.262 e. The van der Waals surface area contributed by atoms with Gasteiger partial charge in [-0.25, -0.2) is 9.97 Å². The van der Waals surface area contributed by atoms with Gasteiger partial charge in [0.2, 0.25) is 5.16 Å². The minimum atomic E-state index is 0.793. The first kappa shape index (κ1) is 12.0. The summed E-state index contributed by atoms with van der Waals surface area (Å²) in [7, 11) is 0. The number of nitrogens with zero attached hydrogens (tertiary/aromatic N) is 3. The molecule has 0 aliphatic rings. The lowest BCUT2D eigenvalue weighted by molar-refractivity contribution is 0.971. The normalized spacial score (nSPS) is 11.2. The van der Waals surface area contributed by atoms with Gasteiger partial charge < -0.3 is 0 Å². The number of para-hydroxylation sites is 1. The van der Waals surface area contributed by atoms with E-state index in [9.17, 15) is 0 Å². The molecular weight excluding hydrogens is 284 g/mol. The maximum Gasteiger partial charge on any atom is 0.209 e. The van der Waals surface area contributed by atoms with Crippen molar-refractivity contribution in [2.24, 2.45) is 0 Å². The molecule has 0 spiro atoms. The fourth-order valence-electron chi connectivity index (χ4n) is 1.43. The molecule has 0 saturated carbocycles. The monoisotopic (exact) mass is 294 g/mol. The Morgan fingerprint density at radius 1 is 1.22 bits per heavy atom. The lowest BCUT2D eigenvalue weighted by atomic mass is 10.3. The van der Waals surface area contributed by atoms with Crippen molar-refractivity contribution in [3.05, 3.63) is 30.1 Å². The molecule has 0 amide bonds. The molecule has 3 rings (SSSR count). The summed E-state index contributed by atoms with van der Waals surface area (Å²) in [5.41, 5.74) is 1.07. The number of aryl methyl sites for hydroxylation is 1. The molecule has 18 heavy (non-hydrogen) atoms. The van der Waals surface area contributed by atoms with E-state index in [4.69, 9.17) is 0 Å². The first-order valence-corrected chi connectivity index (χ1v) is 8.10. The Kier molecular flexibility index (Phi) is 3.53. The van der Waals surface area contributed by atoms with Crippen LogP contribution in [0.25, 0.3) is 10.2 Å². The molecule has 2 heterocycles. The van der Waals surface area contributed by atoms with Crippen molar-refractivity contribution in [1.82, 2.24) is 20.2 Å². The average molecular weight is 294 g/mol. The van der Waals surface area contributed by atoms with Crippen LogP contribution in [0, 0.1) is 6.92 Å². The van der Waals surface area contributed by atoms with Crippen LogP contribution in [-0.4, -0.2) is 25.3 Å². The van der Waals surface area contributed by atoms with Crippen LogP contribution < -0.4 is 0 Å². The first-order chi connectivity index (χ1) is 8.81. The number of rotatable bonds is 4. The zero-order valence-corrected chi connectivity index (χ0v) is 12.0. The van der Waals surface area contributed by atoms with E-state index in [1.165, 1.54) is 4.70 Å². The number of aromatic amines is 1. The SMILES string of the molecule is Cc1nc(SCSc2nc3ccccc3s2)n[nH]1. The van der Waals surface area contributed by atoms with Crippen LogP contribution in [0.3, 0.4) is 0 Å². The van der Waals surface area contributed by atoms with Gasteiger partial charge in [-0.1, -0.05) is 35.7 Å². The van der Waals surface area contributed by atoms with Crippen LogP contribution in [0.5, 0.6) is 0 Å². The molecule has 0 radical (unpaired) electrons. The predicted molar refractivity (Wildman–Crippen MR) is 77.3 cm³/mol. The van der Waals surface area contributed by atoms with Crippen molar-refractivity contribution in [2.45, 2.75) is 16.4 Å². The standard InChI is InChI=1S/C11H10N4S3/c1-7-12-10(15-14-7)16-6-17-11-13-8-4-2-3-5-9(8)18-11/h2-5H,6H2,1H3,(H,12,14,15). The Morgan fingerprint density at radius 3 is 2.89 bits per heavy atom. The maximum atomic E-state index is 4.57. The van der Waals surface area contributed by atoms with Crippen molar-refractivity contribution in [2.75, 3.05) is 5.08 Å². The summed E-state index contributed by atoms with van der Waals surface area (Å²) >= 11 is 5.08. The van der Waals surface area contributed by atoms with Crippen LogP contribution in [0.15, 0.2) is 33.8 Å². The van der Waals surface area contributed by atoms with Gasteiger partial charge in [-0.2, -0.15) is 0 Å². The molecule has 0 bridgehead atoms. The number of fused-ring (bicyclic) bond motifs is 1. The van der Waals surface area contributed by atoms with Crippen LogP contribution in [0.4, 0.5) is 0 Å². The van der Waals surface area contributed by atoms with E-state index in [1.807, 2.05) is 25.1 Å². The van der Waals surface area contributed by atoms with Crippen LogP contribution in [-0.2, 0) is 0 Å². The Labute approximate surface area is 117 Å². The van der Waals surface area contributed by atoms with Gasteiger partial charge >= 0.3 is 0 Å². The van der Waals surface area contributed by atoms with E-state index < -0.39 is 0 Å². The molecule has 0 aliphatic heterocycles. The number of nitrogens with one attached hydrogen (secondary N) is 1. The fraction of sp³-hybridized carbons (Fsp3) is 0.182. The molecule has 3 aromatic rings. The van der Waals surface area contributed by atoms with Gasteiger partial charge in [-0.05, 0) is 19.1 Å². The van der Waals surface area contributed by atoms with Gasteiger partial charge in [0.05, 0.1) is 15.3 Å². The molecule has 4 nitrogen and oxygen atoms in total. The van der Waals surface area contributed by atoms with E-state index >= 15 is 0 Å². The summed E-state index contributed by atoms with van der Waals surface area (Å²) < 4.78 is 2.33. The smallest absolute Gasteiger partial charge is 0.209 e. The van der Waals surface area contributed by atoms with Gasteiger partial charge in [0.1, 0.15) is 5.82 Å². The third kappa shape index (κ3) is 2.68. The summed E-state index contributed by atoms with van der Waals surface area (Å²) in [4.78, 5) is 8.82. The Hall–Kier alpha value is -1.05. The van der Waals surface area contributed by atoms with Crippen LogP contribution in [0.2, 0.25) is 0 Å². The van der Waals surface area contributed by atoms with Gasteiger partial charge in [0.15, 0.2) is 4.34 Å². The zero-order chi connectivity index (χ0) is 12.4. The second-order valence-corrected chi connectivity index (χ2v) is 7.12. The molecule has 1 aromatic carbocycles. The quantitative estimate of drug-likeness (QED) is 0.589. The number of hydrogen-bond donors (Lipinski definition) is 1. The predicted octanol–water partition coefficient (Wildman–Crippen LogP) is 3.56. The van der Waals surface area contributed by atoms with Crippen molar-refractivity contribution >= 4 is 45.1 Å². The molecule has 1 N–H and O–H groups in total. The third-order valence-corrected chi connectivity index (χ3v) is 5.38. The van der Waals surface area contributed by atoms with Gasteiger partial charge in [-0.3, -0.25) is 5.10 Å². The van der Waals surface area contributed by atoms with Crippen molar-refractivity contribution in [1.29, 1.82) is 0 Å². The van der Waals surface area contributed by atoms with Crippen molar-refractivity contribution in [3.8, 4) is 0 Å². The summed E-state index contributed by atoms with van der Waals surface area (Å²) in [5, 5.41) is 8.59. The van der Waals surface area contributed by atoms with Crippen molar-refractivity contribution in [3.63, 3.8) is 0 Å². The van der Waals surface area contributed by atoms with Gasteiger partial charge in [-0.15, -0.1) is 16.4 Å². The van der Waals surface area contributed by atoms with Crippen LogP contribution in [0.1, 0.15) is 5.82 Å². The molecule has 0 atom stereocenters. The highest BCUT2D eigenvalue weighted by atomic mass is 32.2. The number of hydrogen-bond acceptors (Lipinski definition) is 6. The number of H-pyrrole nitrogens is 1. The summed E-state index contributed by atoms with van der Waals surface area (Å²) in [6, 6.07) is 8.20. The number of thioether (sulfide) groups is 2. The average Bonchev–Trinajstić information content (AvgIpc) is 2.95. The minimum absolute atomic E-state index is 0.793. The molecule has 0 unspecified atom stereocenters. The largest absolute Gasteiger partial charge is 0.262 e.